The van der Waals surface area contributed by atoms with Gasteiger partial charge in [0.25, 0.3) is 0 Å². The molecule has 0 bridgehead atoms. The van der Waals surface area contributed by atoms with Gasteiger partial charge in [0, 0.05) is 29.0 Å². The second kappa shape index (κ2) is 7.17. The number of sulfonamides is 1. The maximum atomic E-state index is 12.7. The molecule has 0 amide bonds. The lowest BCUT2D eigenvalue weighted by atomic mass is 9.90. The van der Waals surface area contributed by atoms with Gasteiger partial charge in [-0.25, -0.2) is 8.42 Å². The molecule has 0 radical (unpaired) electrons. The number of rotatable bonds is 4. The van der Waals surface area contributed by atoms with Crippen LogP contribution in [-0.4, -0.2) is 31.6 Å². The lowest BCUT2D eigenvalue weighted by Crippen LogP contribution is -2.40. The van der Waals surface area contributed by atoms with Crippen LogP contribution in [0, 0.1) is 5.92 Å². The first-order valence-corrected chi connectivity index (χ1v) is 10.1. The first-order valence-electron chi connectivity index (χ1n) is 7.83. The summed E-state index contributed by atoms with van der Waals surface area (Å²) in [7, 11) is -3.51. The van der Waals surface area contributed by atoms with E-state index >= 15 is 0 Å². The summed E-state index contributed by atoms with van der Waals surface area (Å²) in [6.45, 7) is 0.746. The Balaban J connectivity index is 1.70. The number of halogens is 1. The molecule has 1 heterocycles. The Morgan fingerprint density at radius 1 is 1.00 bits per heavy atom. The zero-order valence-electron chi connectivity index (χ0n) is 13.1. The van der Waals surface area contributed by atoms with Crippen LogP contribution in [-0.2, 0) is 10.0 Å². The van der Waals surface area contributed by atoms with Crippen LogP contribution < -0.4 is 0 Å². The van der Waals surface area contributed by atoms with Crippen LogP contribution in [0.3, 0.4) is 0 Å². The van der Waals surface area contributed by atoms with Crippen molar-refractivity contribution in [3.05, 3.63) is 64.6 Å². The molecular weight excluding hydrogens is 390 g/mol. The number of carbonyl (C=O) groups excluding carboxylic acids is 1. The number of nitrogens with zero attached hydrogens (tertiary/aromatic N) is 1. The molecular formula is C18H18BrNO3S. The predicted octanol–water partition coefficient (Wildman–Crippen LogP) is 3.73. The van der Waals surface area contributed by atoms with Crippen LogP contribution in [0.1, 0.15) is 23.2 Å². The third kappa shape index (κ3) is 3.61. The van der Waals surface area contributed by atoms with Gasteiger partial charge in [-0.2, -0.15) is 4.31 Å². The summed E-state index contributed by atoms with van der Waals surface area (Å²) in [5, 5.41) is 0. The third-order valence-corrected chi connectivity index (χ3v) is 6.70. The average molecular weight is 408 g/mol. The SMILES string of the molecule is O=C(c1ccccc1)C1CCN(S(=O)(=O)c2cccc(Br)c2)CC1. The van der Waals surface area contributed by atoms with Crippen molar-refractivity contribution in [1.82, 2.24) is 4.31 Å². The van der Waals surface area contributed by atoms with Crippen LogP contribution in [0.15, 0.2) is 64.0 Å². The number of benzene rings is 2. The van der Waals surface area contributed by atoms with Gasteiger partial charge in [-0.05, 0) is 31.0 Å². The Kier molecular flexibility index (Phi) is 5.18. The minimum absolute atomic E-state index is 0.107. The summed E-state index contributed by atoms with van der Waals surface area (Å²) in [5.41, 5.74) is 0.700. The van der Waals surface area contributed by atoms with Crippen LogP contribution >= 0.6 is 15.9 Å². The zero-order chi connectivity index (χ0) is 17.2. The smallest absolute Gasteiger partial charge is 0.243 e. The van der Waals surface area contributed by atoms with Crippen molar-refractivity contribution in [1.29, 1.82) is 0 Å². The van der Waals surface area contributed by atoms with Crippen LogP contribution in [0.4, 0.5) is 0 Å². The summed E-state index contributed by atoms with van der Waals surface area (Å²) in [5.74, 6) is -0.00328. The van der Waals surface area contributed by atoms with Gasteiger partial charge >= 0.3 is 0 Å². The van der Waals surface area contributed by atoms with Gasteiger partial charge in [-0.3, -0.25) is 4.79 Å². The molecule has 3 rings (SSSR count). The highest BCUT2D eigenvalue weighted by atomic mass is 79.9. The lowest BCUT2D eigenvalue weighted by molar-refractivity contribution is 0.0875. The molecule has 1 fully saturated rings. The van der Waals surface area contributed by atoms with Gasteiger partial charge in [0.05, 0.1) is 4.90 Å². The Morgan fingerprint density at radius 2 is 1.67 bits per heavy atom. The Labute approximate surface area is 150 Å². The van der Waals surface area contributed by atoms with Gasteiger partial charge < -0.3 is 0 Å². The largest absolute Gasteiger partial charge is 0.294 e. The van der Waals surface area contributed by atoms with Crippen molar-refractivity contribution in [3.63, 3.8) is 0 Å². The van der Waals surface area contributed by atoms with Gasteiger partial charge in [0.1, 0.15) is 0 Å². The molecule has 0 saturated carbocycles. The summed E-state index contributed by atoms with van der Waals surface area (Å²) < 4.78 is 27.6. The fourth-order valence-corrected chi connectivity index (χ4v) is 5.04. The molecule has 0 spiro atoms. The number of hydrogen-bond acceptors (Lipinski definition) is 3. The molecule has 0 aromatic heterocycles. The highest BCUT2D eigenvalue weighted by molar-refractivity contribution is 9.10. The number of hydrogen-bond donors (Lipinski definition) is 0. The van der Waals surface area contributed by atoms with E-state index in [4.69, 9.17) is 0 Å². The summed E-state index contributed by atoms with van der Waals surface area (Å²) in [6, 6.07) is 15.9. The summed E-state index contributed by atoms with van der Waals surface area (Å²) in [6.07, 6.45) is 1.11. The first-order chi connectivity index (χ1) is 11.5. The minimum Gasteiger partial charge on any atom is -0.294 e. The fourth-order valence-electron chi connectivity index (χ4n) is 2.97. The molecule has 24 heavy (non-hydrogen) atoms. The van der Waals surface area contributed by atoms with E-state index in [1.165, 1.54) is 4.31 Å². The summed E-state index contributed by atoms with van der Waals surface area (Å²) in [4.78, 5) is 12.8. The number of Topliss-reactive ketones (excluding diaryl/α,β-unsaturated/α-hetero) is 1. The van der Waals surface area contributed by atoms with Crippen molar-refractivity contribution >= 4 is 31.7 Å². The van der Waals surface area contributed by atoms with Gasteiger partial charge in [0.2, 0.25) is 10.0 Å². The quantitative estimate of drug-likeness (QED) is 0.725. The van der Waals surface area contributed by atoms with Crippen molar-refractivity contribution < 1.29 is 13.2 Å². The predicted molar refractivity (Wildman–Crippen MR) is 96.4 cm³/mol. The van der Waals surface area contributed by atoms with E-state index in [9.17, 15) is 13.2 Å². The van der Waals surface area contributed by atoms with E-state index in [1.807, 2.05) is 30.3 Å². The molecule has 0 aliphatic carbocycles. The second-order valence-electron chi connectivity index (χ2n) is 5.87. The van der Waals surface area contributed by atoms with Gasteiger partial charge in [0.15, 0.2) is 5.78 Å². The highest BCUT2D eigenvalue weighted by Crippen LogP contribution is 2.27. The van der Waals surface area contributed by atoms with Gasteiger partial charge in [-0.1, -0.05) is 52.3 Å². The Hall–Kier alpha value is -1.50. The normalized spacial score (nSPS) is 16.9. The van der Waals surface area contributed by atoms with Crippen molar-refractivity contribution in [2.24, 2.45) is 5.92 Å². The van der Waals surface area contributed by atoms with E-state index in [1.54, 1.807) is 24.3 Å². The second-order valence-corrected chi connectivity index (χ2v) is 8.72. The van der Waals surface area contributed by atoms with E-state index in [0.717, 1.165) is 4.47 Å². The molecule has 2 aromatic rings. The minimum atomic E-state index is -3.51. The highest BCUT2D eigenvalue weighted by Gasteiger charge is 2.32. The van der Waals surface area contributed by atoms with Crippen molar-refractivity contribution in [2.45, 2.75) is 17.7 Å². The fraction of sp³-hybridized carbons (Fsp3) is 0.278. The number of ketones is 1. The number of piperidine rings is 1. The van der Waals surface area contributed by atoms with E-state index in [0.29, 0.717) is 31.5 Å². The Bertz CT molecular complexity index is 828. The molecule has 4 nitrogen and oxygen atoms in total. The maximum Gasteiger partial charge on any atom is 0.243 e. The standard InChI is InChI=1S/C18H18BrNO3S/c19-16-7-4-8-17(13-16)24(22,23)20-11-9-15(10-12-20)18(21)14-5-2-1-3-6-14/h1-8,13,15H,9-12H2. The molecule has 0 unspecified atom stereocenters. The van der Waals surface area contributed by atoms with E-state index in [-0.39, 0.29) is 16.6 Å². The monoisotopic (exact) mass is 407 g/mol. The van der Waals surface area contributed by atoms with E-state index < -0.39 is 10.0 Å². The van der Waals surface area contributed by atoms with Crippen molar-refractivity contribution in [3.8, 4) is 0 Å². The molecule has 1 aliphatic rings. The van der Waals surface area contributed by atoms with Crippen LogP contribution in [0.2, 0.25) is 0 Å². The zero-order valence-corrected chi connectivity index (χ0v) is 15.5. The van der Waals surface area contributed by atoms with Crippen molar-refractivity contribution in [2.75, 3.05) is 13.1 Å². The molecule has 1 aliphatic heterocycles. The molecule has 126 valence electrons. The lowest BCUT2D eigenvalue weighted by Gasteiger charge is -2.30. The molecule has 6 heteroatoms. The Morgan fingerprint density at radius 3 is 2.29 bits per heavy atom. The van der Waals surface area contributed by atoms with Crippen LogP contribution in [0.5, 0.6) is 0 Å². The van der Waals surface area contributed by atoms with Crippen LogP contribution in [0.25, 0.3) is 0 Å². The van der Waals surface area contributed by atoms with Gasteiger partial charge in [-0.15, -0.1) is 0 Å². The maximum absolute atomic E-state index is 12.7. The third-order valence-electron chi connectivity index (χ3n) is 4.32. The average Bonchev–Trinajstić information content (AvgIpc) is 2.62. The molecule has 2 aromatic carbocycles. The van der Waals surface area contributed by atoms with E-state index in [2.05, 4.69) is 15.9 Å². The molecule has 0 atom stereocenters. The topological polar surface area (TPSA) is 54.5 Å². The summed E-state index contributed by atoms with van der Waals surface area (Å²) >= 11 is 3.31. The molecule has 0 N–H and O–H groups in total. The molecule has 1 saturated heterocycles. The number of carbonyl (C=O) groups is 1. The first kappa shape index (κ1) is 17.3.